The Labute approximate surface area is 192 Å². The van der Waals surface area contributed by atoms with E-state index in [0.29, 0.717) is 32.6 Å². The Kier molecular flexibility index (Phi) is 7.43. The third kappa shape index (κ3) is 5.63. The van der Waals surface area contributed by atoms with Gasteiger partial charge in [-0.1, -0.05) is 35.3 Å². The van der Waals surface area contributed by atoms with Crippen LogP contribution in [0.3, 0.4) is 0 Å². The van der Waals surface area contributed by atoms with Crippen LogP contribution in [-0.2, 0) is 0 Å². The van der Waals surface area contributed by atoms with Crippen molar-refractivity contribution in [2.45, 2.75) is 0 Å². The number of nitrogens with zero attached hydrogens (tertiary/aromatic N) is 4. The van der Waals surface area contributed by atoms with E-state index in [9.17, 15) is 20.2 Å². The normalized spacial score (nSPS) is 10.1. The molecule has 0 fully saturated rings. The van der Waals surface area contributed by atoms with Gasteiger partial charge in [0.1, 0.15) is 0 Å². The molecule has 4 aromatic rings. The molecule has 0 saturated heterocycles. The summed E-state index contributed by atoms with van der Waals surface area (Å²) in [6.07, 6.45) is 3.23. The Morgan fingerprint density at radius 1 is 0.625 bits per heavy atom. The second kappa shape index (κ2) is 10.4. The lowest BCUT2D eigenvalue weighted by molar-refractivity contribution is -0.385. The molecule has 10 heteroatoms. The van der Waals surface area contributed by atoms with Gasteiger partial charge in [-0.3, -0.25) is 30.2 Å². The van der Waals surface area contributed by atoms with Gasteiger partial charge in [0.05, 0.1) is 31.3 Å². The topological polar surface area (TPSA) is 112 Å². The van der Waals surface area contributed by atoms with E-state index in [1.807, 2.05) is 0 Å². The van der Waals surface area contributed by atoms with Crippen molar-refractivity contribution in [2.75, 3.05) is 0 Å². The predicted octanol–water partition coefficient (Wildman–Crippen LogP) is 6.62. The van der Waals surface area contributed by atoms with Crippen molar-refractivity contribution in [3.63, 3.8) is 0 Å². The van der Waals surface area contributed by atoms with E-state index < -0.39 is 9.85 Å². The Balaban J connectivity index is 0.000000181. The van der Waals surface area contributed by atoms with Crippen LogP contribution in [0, 0.1) is 20.2 Å². The number of aromatic nitrogens is 2. The third-order valence-electron chi connectivity index (χ3n) is 4.20. The molecule has 32 heavy (non-hydrogen) atoms. The molecule has 0 saturated carbocycles. The fourth-order valence-corrected chi connectivity index (χ4v) is 3.12. The molecule has 2 heterocycles. The first-order valence-corrected chi connectivity index (χ1v) is 9.83. The maximum Gasteiger partial charge on any atom is 0.270 e. The zero-order valence-electron chi connectivity index (χ0n) is 16.3. The highest BCUT2D eigenvalue weighted by Crippen LogP contribution is 2.30. The minimum absolute atomic E-state index is 0.00468. The molecule has 0 atom stereocenters. The number of non-ortho nitro benzene ring substituents is 2. The van der Waals surface area contributed by atoms with E-state index >= 15 is 0 Å². The van der Waals surface area contributed by atoms with E-state index in [-0.39, 0.29) is 11.4 Å². The maximum absolute atomic E-state index is 10.6. The smallest absolute Gasteiger partial charge is 0.258 e. The monoisotopic (exact) mass is 468 g/mol. The van der Waals surface area contributed by atoms with E-state index in [2.05, 4.69) is 9.97 Å². The Hall–Kier alpha value is -3.88. The van der Waals surface area contributed by atoms with Crippen LogP contribution in [0.5, 0.6) is 0 Å². The van der Waals surface area contributed by atoms with Gasteiger partial charge in [-0.2, -0.15) is 0 Å². The van der Waals surface area contributed by atoms with Crippen molar-refractivity contribution < 1.29 is 9.85 Å². The zero-order chi connectivity index (χ0) is 23.1. The Morgan fingerprint density at radius 2 is 1.03 bits per heavy atom. The summed E-state index contributed by atoms with van der Waals surface area (Å²) in [5.74, 6) is 0. The largest absolute Gasteiger partial charge is 0.270 e. The summed E-state index contributed by atoms with van der Waals surface area (Å²) >= 11 is 11.9. The van der Waals surface area contributed by atoms with E-state index in [0.717, 1.165) is 0 Å². The molecule has 4 rings (SSSR count). The number of hydrogen-bond donors (Lipinski definition) is 0. The van der Waals surface area contributed by atoms with Gasteiger partial charge < -0.3 is 0 Å². The summed E-state index contributed by atoms with van der Waals surface area (Å²) in [6, 6.07) is 19.3. The van der Waals surface area contributed by atoms with Crippen molar-refractivity contribution in [3.05, 3.63) is 115 Å². The highest BCUT2D eigenvalue weighted by molar-refractivity contribution is 6.33. The quantitative estimate of drug-likeness (QED) is 0.245. The fourth-order valence-electron chi connectivity index (χ4n) is 2.69. The van der Waals surface area contributed by atoms with Gasteiger partial charge >= 0.3 is 0 Å². The highest BCUT2D eigenvalue weighted by Gasteiger charge is 2.12. The molecule has 0 amide bonds. The van der Waals surface area contributed by atoms with Crippen LogP contribution in [-0.4, -0.2) is 19.8 Å². The van der Waals surface area contributed by atoms with Gasteiger partial charge in [0.25, 0.3) is 11.4 Å². The fraction of sp³-hybridized carbons (Fsp3) is 0. The van der Waals surface area contributed by atoms with Crippen molar-refractivity contribution >= 4 is 34.6 Å². The molecule has 0 aliphatic carbocycles. The maximum atomic E-state index is 10.6. The molecule has 0 spiro atoms. The van der Waals surface area contributed by atoms with Gasteiger partial charge in [-0.15, -0.1) is 0 Å². The summed E-state index contributed by atoms with van der Waals surface area (Å²) in [7, 11) is 0. The number of rotatable bonds is 4. The lowest BCUT2D eigenvalue weighted by Crippen LogP contribution is -1.90. The first-order valence-electron chi connectivity index (χ1n) is 9.07. The molecule has 0 aliphatic rings. The van der Waals surface area contributed by atoms with Gasteiger partial charge in [0.2, 0.25) is 0 Å². The molecule has 160 valence electrons. The Bertz CT molecular complexity index is 1160. The molecule has 2 aromatic carbocycles. The minimum atomic E-state index is -0.456. The second-order valence-corrected chi connectivity index (χ2v) is 7.09. The summed E-state index contributed by atoms with van der Waals surface area (Å²) in [4.78, 5) is 28.6. The molecule has 0 aliphatic heterocycles. The molecule has 0 bridgehead atoms. The predicted molar refractivity (Wildman–Crippen MR) is 123 cm³/mol. The van der Waals surface area contributed by atoms with Crippen LogP contribution in [0.25, 0.3) is 22.5 Å². The van der Waals surface area contributed by atoms with Crippen LogP contribution in [0.1, 0.15) is 0 Å². The van der Waals surface area contributed by atoms with Gasteiger partial charge in [-0.05, 0) is 36.4 Å². The average Bonchev–Trinajstić information content (AvgIpc) is 2.81. The van der Waals surface area contributed by atoms with Crippen molar-refractivity contribution in [2.24, 2.45) is 0 Å². The van der Waals surface area contributed by atoms with E-state index in [1.54, 1.807) is 48.8 Å². The summed E-state index contributed by atoms with van der Waals surface area (Å²) in [5.41, 5.74) is 2.38. The van der Waals surface area contributed by atoms with Crippen molar-refractivity contribution in [3.8, 4) is 22.5 Å². The minimum Gasteiger partial charge on any atom is -0.258 e. The molecule has 2 aromatic heterocycles. The highest BCUT2D eigenvalue weighted by atomic mass is 35.5. The van der Waals surface area contributed by atoms with Crippen LogP contribution >= 0.6 is 23.2 Å². The van der Waals surface area contributed by atoms with E-state index in [4.69, 9.17) is 23.2 Å². The molecule has 0 unspecified atom stereocenters. The van der Waals surface area contributed by atoms with Crippen LogP contribution in [0.2, 0.25) is 10.0 Å². The first kappa shape index (κ1) is 22.8. The number of pyridine rings is 2. The third-order valence-corrected chi connectivity index (χ3v) is 4.86. The summed E-state index contributed by atoms with van der Waals surface area (Å²) < 4.78 is 0. The van der Waals surface area contributed by atoms with Crippen molar-refractivity contribution in [1.82, 2.24) is 9.97 Å². The molecule has 0 radical (unpaired) electrons. The number of halogens is 2. The van der Waals surface area contributed by atoms with Crippen LogP contribution < -0.4 is 0 Å². The zero-order valence-corrected chi connectivity index (χ0v) is 17.8. The second-order valence-electron chi connectivity index (χ2n) is 6.27. The van der Waals surface area contributed by atoms with Crippen LogP contribution in [0.15, 0.2) is 85.2 Å². The van der Waals surface area contributed by atoms with Crippen LogP contribution in [0.4, 0.5) is 11.4 Å². The molecule has 0 N–H and O–H groups in total. The standard InChI is InChI=1S/2C11H7ClN2O2/c2*12-10-5-4-8(14(15)16)7-9(10)11-3-1-2-6-13-11/h2*1-7H. The molecule has 8 nitrogen and oxygen atoms in total. The number of benzene rings is 2. The number of hydrogen-bond acceptors (Lipinski definition) is 6. The van der Waals surface area contributed by atoms with Gasteiger partial charge in [0, 0.05) is 47.8 Å². The molecular formula is C22H14Cl2N4O4. The lowest BCUT2D eigenvalue weighted by Gasteiger charge is -2.02. The molecular weight excluding hydrogens is 455 g/mol. The summed E-state index contributed by atoms with van der Waals surface area (Å²) in [5, 5.41) is 22.2. The SMILES string of the molecule is O=[N+]([O-])c1ccc(Cl)c(-c2ccccn2)c1.O=[N+]([O-])c1ccc(Cl)c(-c2ccccn2)c1. The lowest BCUT2D eigenvalue weighted by atomic mass is 10.1. The van der Waals surface area contributed by atoms with Gasteiger partial charge in [0.15, 0.2) is 0 Å². The van der Waals surface area contributed by atoms with Gasteiger partial charge in [-0.25, -0.2) is 0 Å². The number of nitro benzene ring substituents is 2. The Morgan fingerprint density at radius 3 is 1.34 bits per heavy atom. The first-order chi connectivity index (χ1) is 15.4. The van der Waals surface area contributed by atoms with E-state index in [1.165, 1.54) is 36.4 Å². The van der Waals surface area contributed by atoms with Crippen molar-refractivity contribution in [1.29, 1.82) is 0 Å². The number of nitro groups is 2. The average molecular weight is 469 g/mol. The summed E-state index contributed by atoms with van der Waals surface area (Å²) in [6.45, 7) is 0.